The standard InChI is InChI=1S/C26H28N2O4S/c1-3-32-24-13-11-20(12-14-24)18-27(2)26(29)22-9-6-10-25(17-22)33(30,31)28-16-15-21-7-4-5-8-23(21)19-28/h4-14,17H,3,15-16,18-19H2,1-2H3. The molecule has 1 aliphatic rings. The molecule has 0 radical (unpaired) electrons. The third-order valence-corrected chi connectivity index (χ3v) is 7.66. The number of sulfonamides is 1. The largest absolute Gasteiger partial charge is 0.494 e. The molecule has 0 aliphatic carbocycles. The first-order chi connectivity index (χ1) is 15.9. The van der Waals surface area contributed by atoms with E-state index >= 15 is 0 Å². The number of fused-ring (bicyclic) bond motifs is 1. The maximum Gasteiger partial charge on any atom is 0.253 e. The molecule has 0 N–H and O–H groups in total. The number of ether oxygens (including phenoxy) is 1. The topological polar surface area (TPSA) is 66.9 Å². The molecule has 1 heterocycles. The van der Waals surface area contributed by atoms with E-state index in [0.717, 1.165) is 16.9 Å². The highest BCUT2D eigenvalue weighted by Gasteiger charge is 2.29. The summed E-state index contributed by atoms with van der Waals surface area (Å²) in [5.74, 6) is 0.554. The highest BCUT2D eigenvalue weighted by Crippen LogP contribution is 2.25. The molecule has 0 spiro atoms. The van der Waals surface area contributed by atoms with Crippen molar-refractivity contribution in [3.63, 3.8) is 0 Å². The molecule has 0 bridgehead atoms. The van der Waals surface area contributed by atoms with Gasteiger partial charge in [-0.15, -0.1) is 0 Å². The van der Waals surface area contributed by atoms with Gasteiger partial charge in [0, 0.05) is 32.2 Å². The molecule has 33 heavy (non-hydrogen) atoms. The van der Waals surface area contributed by atoms with E-state index in [9.17, 15) is 13.2 Å². The van der Waals surface area contributed by atoms with Crippen molar-refractivity contribution in [2.24, 2.45) is 0 Å². The Kier molecular flexibility index (Phi) is 6.81. The Bertz CT molecular complexity index is 1240. The number of hydrogen-bond acceptors (Lipinski definition) is 4. The van der Waals surface area contributed by atoms with Gasteiger partial charge in [-0.1, -0.05) is 42.5 Å². The number of benzene rings is 3. The molecule has 0 aromatic heterocycles. The second-order valence-electron chi connectivity index (χ2n) is 8.12. The van der Waals surface area contributed by atoms with Crippen LogP contribution in [0.15, 0.2) is 77.7 Å². The van der Waals surface area contributed by atoms with E-state index in [-0.39, 0.29) is 10.8 Å². The van der Waals surface area contributed by atoms with Crippen LogP contribution in [-0.4, -0.2) is 43.7 Å². The minimum Gasteiger partial charge on any atom is -0.494 e. The summed E-state index contributed by atoms with van der Waals surface area (Å²) in [7, 11) is -2.00. The Morgan fingerprint density at radius 1 is 1.00 bits per heavy atom. The summed E-state index contributed by atoms with van der Waals surface area (Å²) in [6, 6.07) is 21.8. The minimum absolute atomic E-state index is 0.141. The first-order valence-electron chi connectivity index (χ1n) is 11.0. The van der Waals surface area contributed by atoms with E-state index in [1.807, 2.05) is 55.5 Å². The molecule has 3 aromatic rings. The molecule has 1 aliphatic heterocycles. The van der Waals surface area contributed by atoms with Gasteiger partial charge in [0.15, 0.2) is 0 Å². The molecule has 0 saturated carbocycles. The third-order valence-electron chi connectivity index (χ3n) is 5.82. The van der Waals surface area contributed by atoms with Crippen molar-refractivity contribution in [3.05, 3.63) is 95.1 Å². The van der Waals surface area contributed by atoms with Crippen LogP contribution in [0.1, 0.15) is 34.0 Å². The summed E-state index contributed by atoms with van der Waals surface area (Å²) in [5, 5.41) is 0. The number of nitrogens with zero attached hydrogens (tertiary/aromatic N) is 2. The third kappa shape index (κ3) is 5.10. The van der Waals surface area contributed by atoms with Gasteiger partial charge in [-0.25, -0.2) is 8.42 Å². The highest BCUT2D eigenvalue weighted by molar-refractivity contribution is 7.89. The van der Waals surface area contributed by atoms with Gasteiger partial charge in [0.05, 0.1) is 11.5 Å². The highest BCUT2D eigenvalue weighted by atomic mass is 32.2. The van der Waals surface area contributed by atoms with E-state index in [4.69, 9.17) is 4.74 Å². The lowest BCUT2D eigenvalue weighted by Gasteiger charge is -2.28. The fourth-order valence-corrected chi connectivity index (χ4v) is 5.50. The molecule has 0 fully saturated rings. The van der Waals surface area contributed by atoms with Gasteiger partial charge < -0.3 is 9.64 Å². The van der Waals surface area contributed by atoms with Crippen molar-refractivity contribution in [2.75, 3.05) is 20.2 Å². The van der Waals surface area contributed by atoms with E-state index in [2.05, 4.69) is 0 Å². The zero-order chi connectivity index (χ0) is 23.4. The quantitative estimate of drug-likeness (QED) is 0.528. The molecule has 0 atom stereocenters. The maximum atomic E-state index is 13.3. The summed E-state index contributed by atoms with van der Waals surface area (Å²) in [5.41, 5.74) is 3.52. The predicted molar refractivity (Wildman–Crippen MR) is 128 cm³/mol. The van der Waals surface area contributed by atoms with Gasteiger partial charge in [-0.3, -0.25) is 4.79 Å². The number of hydrogen-bond donors (Lipinski definition) is 0. The Morgan fingerprint density at radius 2 is 1.73 bits per heavy atom. The van der Waals surface area contributed by atoms with Crippen molar-refractivity contribution in [1.29, 1.82) is 0 Å². The summed E-state index contributed by atoms with van der Waals surface area (Å²) in [4.78, 5) is 14.8. The second kappa shape index (κ2) is 9.77. The van der Waals surface area contributed by atoms with Crippen LogP contribution >= 0.6 is 0 Å². The first-order valence-corrected chi connectivity index (χ1v) is 12.5. The van der Waals surface area contributed by atoms with Crippen molar-refractivity contribution < 1.29 is 17.9 Å². The molecular formula is C26H28N2O4S. The summed E-state index contributed by atoms with van der Waals surface area (Å²) >= 11 is 0. The molecule has 0 saturated heterocycles. The van der Waals surface area contributed by atoms with Crippen LogP contribution < -0.4 is 4.74 Å². The van der Waals surface area contributed by atoms with E-state index < -0.39 is 10.0 Å². The van der Waals surface area contributed by atoms with Crippen molar-refractivity contribution in [1.82, 2.24) is 9.21 Å². The van der Waals surface area contributed by atoms with Crippen LogP contribution in [0.4, 0.5) is 0 Å². The zero-order valence-corrected chi connectivity index (χ0v) is 19.7. The molecule has 172 valence electrons. The summed E-state index contributed by atoms with van der Waals surface area (Å²) in [6.45, 7) is 3.70. The van der Waals surface area contributed by atoms with Crippen LogP contribution in [-0.2, 0) is 29.5 Å². The molecule has 6 nitrogen and oxygen atoms in total. The Labute approximate surface area is 195 Å². The average Bonchev–Trinajstić information content (AvgIpc) is 2.84. The molecule has 0 unspecified atom stereocenters. The van der Waals surface area contributed by atoms with Gasteiger partial charge in [-0.05, 0) is 60.4 Å². The van der Waals surface area contributed by atoms with Crippen molar-refractivity contribution >= 4 is 15.9 Å². The lowest BCUT2D eigenvalue weighted by molar-refractivity contribution is 0.0785. The smallest absolute Gasteiger partial charge is 0.253 e. The van der Waals surface area contributed by atoms with Crippen LogP contribution in [0, 0.1) is 0 Å². The van der Waals surface area contributed by atoms with Crippen LogP contribution in [0.5, 0.6) is 5.75 Å². The van der Waals surface area contributed by atoms with E-state index in [1.165, 1.54) is 15.9 Å². The summed E-state index contributed by atoms with van der Waals surface area (Å²) in [6.07, 6.45) is 0.679. The van der Waals surface area contributed by atoms with Gasteiger partial charge in [0.2, 0.25) is 10.0 Å². The Hall–Kier alpha value is -3.16. The number of carbonyl (C=O) groups excluding carboxylic acids is 1. The minimum atomic E-state index is -3.71. The Morgan fingerprint density at radius 3 is 2.45 bits per heavy atom. The normalized spacial score (nSPS) is 13.9. The van der Waals surface area contributed by atoms with Crippen LogP contribution in [0.25, 0.3) is 0 Å². The first kappa shape index (κ1) is 23.0. The van der Waals surface area contributed by atoms with E-state index in [0.29, 0.717) is 38.2 Å². The van der Waals surface area contributed by atoms with Crippen LogP contribution in [0.2, 0.25) is 0 Å². The van der Waals surface area contributed by atoms with Crippen LogP contribution in [0.3, 0.4) is 0 Å². The fourth-order valence-electron chi connectivity index (χ4n) is 4.04. The maximum absolute atomic E-state index is 13.3. The van der Waals surface area contributed by atoms with Gasteiger partial charge >= 0.3 is 0 Å². The zero-order valence-electron chi connectivity index (χ0n) is 18.9. The number of rotatable bonds is 7. The lowest BCUT2D eigenvalue weighted by atomic mass is 10.0. The van der Waals surface area contributed by atoms with Gasteiger partial charge in [0.25, 0.3) is 5.91 Å². The molecular weight excluding hydrogens is 436 g/mol. The number of amides is 1. The molecule has 7 heteroatoms. The summed E-state index contributed by atoms with van der Waals surface area (Å²) < 4.78 is 33.6. The SMILES string of the molecule is CCOc1ccc(CN(C)C(=O)c2cccc(S(=O)(=O)N3CCc4ccccc4C3)c2)cc1. The monoisotopic (exact) mass is 464 g/mol. The lowest BCUT2D eigenvalue weighted by Crippen LogP contribution is -2.36. The van der Waals surface area contributed by atoms with Gasteiger partial charge in [-0.2, -0.15) is 4.31 Å². The predicted octanol–water partition coefficient (Wildman–Crippen LogP) is 4.10. The molecule has 3 aromatic carbocycles. The van der Waals surface area contributed by atoms with E-state index in [1.54, 1.807) is 30.1 Å². The average molecular weight is 465 g/mol. The van der Waals surface area contributed by atoms with Gasteiger partial charge in [0.1, 0.15) is 5.75 Å². The van der Waals surface area contributed by atoms with Crippen molar-refractivity contribution in [3.8, 4) is 5.75 Å². The molecule has 1 amide bonds. The Balaban J connectivity index is 1.49. The number of carbonyl (C=O) groups is 1. The van der Waals surface area contributed by atoms with Crippen molar-refractivity contribution in [2.45, 2.75) is 31.3 Å². The fraction of sp³-hybridized carbons (Fsp3) is 0.269. The second-order valence-corrected chi connectivity index (χ2v) is 10.1. The molecule has 4 rings (SSSR count).